The Labute approximate surface area is 181 Å². The highest BCUT2D eigenvalue weighted by molar-refractivity contribution is 5.84. The summed E-state index contributed by atoms with van der Waals surface area (Å²) in [5, 5.41) is 9.96. The third kappa shape index (κ3) is 3.80. The molecule has 160 valence electrons. The predicted octanol–water partition coefficient (Wildman–Crippen LogP) is 3.23. The zero-order valence-corrected chi connectivity index (χ0v) is 18.0. The van der Waals surface area contributed by atoms with Crippen molar-refractivity contribution in [2.45, 2.75) is 31.8 Å². The number of nitrogens with zero attached hydrogens (tertiary/aromatic N) is 5. The largest absolute Gasteiger partial charge is 0.384 e. The summed E-state index contributed by atoms with van der Waals surface area (Å²) in [6.45, 7) is 4.87. The first-order chi connectivity index (χ1) is 15.1. The molecule has 0 spiro atoms. The molecule has 0 radical (unpaired) electrons. The highest BCUT2D eigenvalue weighted by Crippen LogP contribution is 2.27. The second-order valence-corrected chi connectivity index (χ2v) is 8.36. The molecule has 4 aromatic rings. The van der Waals surface area contributed by atoms with Crippen LogP contribution in [-0.4, -0.2) is 57.3 Å². The molecule has 31 heavy (non-hydrogen) atoms. The summed E-state index contributed by atoms with van der Waals surface area (Å²) in [5.41, 5.74) is 11.1. The van der Waals surface area contributed by atoms with E-state index in [0.717, 1.165) is 54.0 Å². The van der Waals surface area contributed by atoms with Crippen molar-refractivity contribution in [3.05, 3.63) is 59.8 Å². The van der Waals surface area contributed by atoms with Gasteiger partial charge >= 0.3 is 0 Å². The topological polar surface area (TPSA) is 81.6 Å². The Balaban J connectivity index is 1.54. The Kier molecular flexibility index (Phi) is 5.40. The number of aromatic nitrogens is 4. The van der Waals surface area contributed by atoms with Crippen molar-refractivity contribution in [3.63, 3.8) is 0 Å². The van der Waals surface area contributed by atoms with Gasteiger partial charge in [-0.3, -0.25) is 9.30 Å². The van der Waals surface area contributed by atoms with Gasteiger partial charge in [0.1, 0.15) is 5.69 Å². The molecule has 1 aliphatic rings. The lowest BCUT2D eigenvalue weighted by molar-refractivity contribution is 0.202. The number of benzene rings is 1. The molecular weight excluding hydrogens is 388 g/mol. The van der Waals surface area contributed by atoms with Crippen LogP contribution in [0.1, 0.15) is 30.5 Å². The van der Waals surface area contributed by atoms with Crippen LogP contribution < -0.4 is 5.73 Å². The zero-order valence-electron chi connectivity index (χ0n) is 18.0. The number of rotatable bonds is 6. The SMILES string of the molecule is COCCc1cccc2ccc(-c3nnc4ccc([C@H](C)N5CC[C@H](N)C5)cn34)nc12. The minimum Gasteiger partial charge on any atom is -0.384 e. The molecule has 0 bridgehead atoms. The van der Waals surface area contributed by atoms with Crippen LogP contribution in [0.15, 0.2) is 48.7 Å². The smallest absolute Gasteiger partial charge is 0.187 e. The fraction of sp³-hybridized carbons (Fsp3) is 0.375. The Hall–Kier alpha value is -2.87. The quantitative estimate of drug-likeness (QED) is 0.520. The minimum atomic E-state index is 0.269. The summed E-state index contributed by atoms with van der Waals surface area (Å²) in [4.78, 5) is 7.41. The van der Waals surface area contributed by atoms with E-state index in [4.69, 9.17) is 15.5 Å². The van der Waals surface area contributed by atoms with Crippen LogP contribution in [0.3, 0.4) is 0 Å². The van der Waals surface area contributed by atoms with E-state index in [1.807, 2.05) is 16.5 Å². The van der Waals surface area contributed by atoms with Gasteiger partial charge in [-0.05, 0) is 43.0 Å². The molecule has 1 aliphatic heterocycles. The fourth-order valence-electron chi connectivity index (χ4n) is 4.45. The molecule has 2 atom stereocenters. The Morgan fingerprint density at radius 2 is 2.06 bits per heavy atom. The monoisotopic (exact) mass is 416 g/mol. The van der Waals surface area contributed by atoms with Gasteiger partial charge in [-0.25, -0.2) is 4.98 Å². The lowest BCUT2D eigenvalue weighted by atomic mass is 10.1. The third-order valence-electron chi connectivity index (χ3n) is 6.32. The highest BCUT2D eigenvalue weighted by atomic mass is 16.5. The van der Waals surface area contributed by atoms with E-state index < -0.39 is 0 Å². The molecule has 2 N–H and O–H groups in total. The molecule has 3 aromatic heterocycles. The summed E-state index contributed by atoms with van der Waals surface area (Å²) in [7, 11) is 1.72. The van der Waals surface area contributed by atoms with Crippen molar-refractivity contribution in [3.8, 4) is 11.5 Å². The molecule has 4 heterocycles. The van der Waals surface area contributed by atoms with Gasteiger partial charge in [-0.2, -0.15) is 0 Å². The van der Waals surface area contributed by atoms with Gasteiger partial charge in [0.25, 0.3) is 0 Å². The van der Waals surface area contributed by atoms with Crippen LogP contribution in [0.2, 0.25) is 0 Å². The molecule has 5 rings (SSSR count). The summed E-state index contributed by atoms with van der Waals surface area (Å²) in [6.07, 6.45) is 4.02. The van der Waals surface area contributed by atoms with Gasteiger partial charge in [-0.1, -0.05) is 30.3 Å². The maximum Gasteiger partial charge on any atom is 0.187 e. The van der Waals surface area contributed by atoms with Crippen LogP contribution in [0, 0.1) is 0 Å². The van der Waals surface area contributed by atoms with Gasteiger partial charge in [0, 0.05) is 43.9 Å². The number of hydrogen-bond acceptors (Lipinski definition) is 6. The second kappa shape index (κ2) is 8.34. The standard InChI is InChI=1S/C24H28N6O/c1-16(29-12-10-20(25)15-29)19-7-9-22-27-28-24(30(22)14-19)21-8-6-17-4-3-5-18(11-13-31-2)23(17)26-21/h3-9,14,16,20H,10-13,15,25H2,1-2H3/t16-,20-/m0/s1. The van der Waals surface area contributed by atoms with Crippen molar-refractivity contribution in [2.75, 3.05) is 26.8 Å². The van der Waals surface area contributed by atoms with E-state index in [1.165, 1.54) is 11.1 Å². The van der Waals surface area contributed by atoms with Crippen LogP contribution in [0.25, 0.3) is 28.1 Å². The molecule has 0 amide bonds. The van der Waals surface area contributed by atoms with E-state index in [-0.39, 0.29) is 6.04 Å². The first-order valence-corrected chi connectivity index (χ1v) is 10.9. The molecule has 1 aromatic carbocycles. The minimum absolute atomic E-state index is 0.269. The maximum absolute atomic E-state index is 6.12. The Morgan fingerprint density at radius 1 is 1.16 bits per heavy atom. The van der Waals surface area contributed by atoms with Gasteiger partial charge in [0.2, 0.25) is 0 Å². The van der Waals surface area contributed by atoms with Crippen LogP contribution in [0.4, 0.5) is 0 Å². The molecule has 0 unspecified atom stereocenters. The number of ether oxygens (including phenoxy) is 1. The van der Waals surface area contributed by atoms with E-state index in [9.17, 15) is 0 Å². The number of para-hydroxylation sites is 1. The molecule has 1 fully saturated rings. The lowest BCUT2D eigenvalue weighted by Crippen LogP contribution is -2.28. The molecule has 0 aliphatic carbocycles. The maximum atomic E-state index is 6.12. The number of pyridine rings is 2. The number of likely N-dealkylation sites (tertiary alicyclic amines) is 1. The number of nitrogens with two attached hydrogens (primary N) is 1. The normalized spacial score (nSPS) is 18.2. The summed E-state index contributed by atoms with van der Waals surface area (Å²) < 4.78 is 7.32. The van der Waals surface area contributed by atoms with Gasteiger partial charge < -0.3 is 10.5 Å². The predicted molar refractivity (Wildman–Crippen MR) is 122 cm³/mol. The van der Waals surface area contributed by atoms with Gasteiger partial charge in [0.15, 0.2) is 11.5 Å². The summed E-state index contributed by atoms with van der Waals surface area (Å²) >= 11 is 0. The summed E-state index contributed by atoms with van der Waals surface area (Å²) in [6, 6.07) is 15.1. The first-order valence-electron chi connectivity index (χ1n) is 10.9. The molecule has 7 heteroatoms. The third-order valence-corrected chi connectivity index (χ3v) is 6.32. The average molecular weight is 417 g/mol. The van der Waals surface area contributed by atoms with Crippen molar-refractivity contribution in [2.24, 2.45) is 5.73 Å². The number of hydrogen-bond donors (Lipinski definition) is 1. The molecular formula is C24H28N6O. The van der Waals surface area contributed by atoms with E-state index in [0.29, 0.717) is 12.6 Å². The van der Waals surface area contributed by atoms with Gasteiger partial charge in [0.05, 0.1) is 12.1 Å². The van der Waals surface area contributed by atoms with E-state index >= 15 is 0 Å². The Bertz CT molecular complexity index is 1220. The highest BCUT2D eigenvalue weighted by Gasteiger charge is 2.25. The van der Waals surface area contributed by atoms with Crippen molar-refractivity contribution >= 4 is 16.6 Å². The van der Waals surface area contributed by atoms with Crippen LogP contribution >= 0.6 is 0 Å². The second-order valence-electron chi connectivity index (χ2n) is 8.36. The Morgan fingerprint density at radius 3 is 2.87 bits per heavy atom. The number of methoxy groups -OCH3 is 1. The molecule has 0 saturated carbocycles. The van der Waals surface area contributed by atoms with Crippen molar-refractivity contribution in [1.29, 1.82) is 0 Å². The summed E-state index contributed by atoms with van der Waals surface area (Å²) in [5.74, 6) is 0.755. The first kappa shape index (κ1) is 20.1. The van der Waals surface area contributed by atoms with Crippen molar-refractivity contribution < 1.29 is 4.74 Å². The van der Waals surface area contributed by atoms with E-state index in [2.05, 4.69) is 58.5 Å². The molecule has 7 nitrogen and oxygen atoms in total. The molecule has 1 saturated heterocycles. The number of fused-ring (bicyclic) bond motifs is 2. The lowest BCUT2D eigenvalue weighted by Gasteiger charge is -2.24. The van der Waals surface area contributed by atoms with Crippen LogP contribution in [0.5, 0.6) is 0 Å². The van der Waals surface area contributed by atoms with Gasteiger partial charge in [-0.15, -0.1) is 10.2 Å². The van der Waals surface area contributed by atoms with E-state index in [1.54, 1.807) is 7.11 Å². The zero-order chi connectivity index (χ0) is 21.4. The van der Waals surface area contributed by atoms with Crippen LogP contribution in [-0.2, 0) is 11.2 Å². The average Bonchev–Trinajstić information content (AvgIpc) is 3.42. The fourth-order valence-corrected chi connectivity index (χ4v) is 4.45. The van der Waals surface area contributed by atoms with Crippen molar-refractivity contribution in [1.82, 2.24) is 24.5 Å².